The fourth-order valence-corrected chi connectivity index (χ4v) is 8.15. The van der Waals surface area contributed by atoms with Crippen LogP contribution >= 0.6 is 11.3 Å². The molecule has 1 atom stereocenters. The van der Waals surface area contributed by atoms with Crippen LogP contribution in [0.25, 0.3) is 10.2 Å². The molecule has 11 heteroatoms. The Morgan fingerprint density at radius 1 is 1.03 bits per heavy atom. The van der Waals surface area contributed by atoms with Gasteiger partial charge < -0.3 is 4.57 Å². The van der Waals surface area contributed by atoms with Crippen molar-refractivity contribution in [3.63, 3.8) is 0 Å². The van der Waals surface area contributed by atoms with Crippen molar-refractivity contribution in [3.05, 3.63) is 52.8 Å². The number of rotatable bonds is 7. The van der Waals surface area contributed by atoms with Gasteiger partial charge in [0.1, 0.15) is 0 Å². The highest BCUT2D eigenvalue weighted by Gasteiger charge is 2.32. The third-order valence-electron chi connectivity index (χ3n) is 6.48. The SMILES string of the molecule is CCCn1c(=NC(=O)c2ccc(S(=O)(=O)N3CCCCC3CC)cc2)sc2cc(S(C)(=O)=O)ccc21. The zero-order valence-electron chi connectivity index (χ0n) is 20.7. The number of carbonyl (C=O) groups excluding carboxylic acids is 1. The number of benzene rings is 2. The number of sulfonamides is 1. The molecule has 194 valence electrons. The van der Waals surface area contributed by atoms with Crippen molar-refractivity contribution >= 4 is 47.3 Å². The molecule has 1 unspecified atom stereocenters. The van der Waals surface area contributed by atoms with Gasteiger partial charge in [0.25, 0.3) is 5.91 Å². The second-order valence-electron chi connectivity index (χ2n) is 9.05. The molecular formula is C25H31N3O5S3. The fraction of sp³-hybridized carbons (Fsp3) is 0.440. The molecule has 1 saturated heterocycles. The van der Waals surface area contributed by atoms with Crippen LogP contribution in [0.3, 0.4) is 0 Å². The van der Waals surface area contributed by atoms with E-state index < -0.39 is 25.8 Å². The van der Waals surface area contributed by atoms with Crippen LogP contribution in [0.4, 0.5) is 0 Å². The maximum absolute atomic E-state index is 13.2. The number of thiazole rings is 1. The van der Waals surface area contributed by atoms with Crippen molar-refractivity contribution in [2.45, 2.75) is 68.3 Å². The van der Waals surface area contributed by atoms with Gasteiger partial charge in [0.2, 0.25) is 10.0 Å². The molecule has 0 aliphatic carbocycles. The van der Waals surface area contributed by atoms with E-state index in [1.807, 2.05) is 18.4 Å². The molecule has 36 heavy (non-hydrogen) atoms. The number of nitrogens with zero attached hydrogens (tertiary/aromatic N) is 3. The molecule has 0 saturated carbocycles. The molecular weight excluding hydrogens is 518 g/mol. The van der Waals surface area contributed by atoms with Gasteiger partial charge in [0, 0.05) is 31.0 Å². The second-order valence-corrected chi connectivity index (χ2v) is 14.0. The van der Waals surface area contributed by atoms with Crippen molar-refractivity contribution in [2.75, 3.05) is 12.8 Å². The van der Waals surface area contributed by atoms with Gasteiger partial charge in [-0.1, -0.05) is 31.6 Å². The molecule has 0 spiro atoms. The molecule has 0 radical (unpaired) electrons. The molecule has 1 aliphatic heterocycles. The molecule has 0 N–H and O–H groups in total. The monoisotopic (exact) mass is 549 g/mol. The van der Waals surface area contributed by atoms with E-state index >= 15 is 0 Å². The largest absolute Gasteiger partial charge is 0.316 e. The average Bonchev–Trinajstić information content (AvgIpc) is 3.19. The van der Waals surface area contributed by atoms with E-state index in [2.05, 4.69) is 4.99 Å². The van der Waals surface area contributed by atoms with E-state index in [1.54, 1.807) is 22.5 Å². The summed E-state index contributed by atoms with van der Waals surface area (Å²) >= 11 is 1.25. The normalized spacial score (nSPS) is 18.1. The van der Waals surface area contributed by atoms with Crippen molar-refractivity contribution in [1.82, 2.24) is 8.87 Å². The first-order valence-electron chi connectivity index (χ1n) is 12.1. The first-order valence-corrected chi connectivity index (χ1v) is 16.3. The summed E-state index contributed by atoms with van der Waals surface area (Å²) in [6, 6.07) is 10.9. The van der Waals surface area contributed by atoms with Gasteiger partial charge in [0.15, 0.2) is 14.6 Å². The Balaban J connectivity index is 1.67. The lowest BCUT2D eigenvalue weighted by Gasteiger charge is -2.34. The van der Waals surface area contributed by atoms with Gasteiger partial charge in [-0.3, -0.25) is 4.79 Å². The van der Waals surface area contributed by atoms with Crippen molar-refractivity contribution in [1.29, 1.82) is 0 Å². The lowest BCUT2D eigenvalue weighted by atomic mass is 10.0. The highest BCUT2D eigenvalue weighted by Crippen LogP contribution is 2.27. The maximum atomic E-state index is 13.2. The van der Waals surface area contributed by atoms with E-state index in [0.717, 1.165) is 48.6 Å². The molecule has 2 aromatic carbocycles. The topological polar surface area (TPSA) is 106 Å². The Bertz CT molecular complexity index is 1550. The number of piperidine rings is 1. The lowest BCUT2D eigenvalue weighted by Crippen LogP contribution is -2.43. The molecule has 0 bridgehead atoms. The molecule has 1 aliphatic rings. The van der Waals surface area contributed by atoms with Crippen molar-refractivity contribution in [2.24, 2.45) is 4.99 Å². The van der Waals surface area contributed by atoms with Crippen molar-refractivity contribution < 1.29 is 21.6 Å². The van der Waals surface area contributed by atoms with Crippen LogP contribution in [-0.2, 0) is 26.4 Å². The number of carbonyl (C=O) groups is 1. The molecule has 1 aromatic heterocycles. The molecule has 4 rings (SSSR count). The van der Waals surface area contributed by atoms with E-state index in [1.165, 1.54) is 35.6 Å². The summed E-state index contributed by atoms with van der Waals surface area (Å²) in [5.41, 5.74) is 1.10. The minimum absolute atomic E-state index is 0.00485. The summed E-state index contributed by atoms with van der Waals surface area (Å²) in [5.74, 6) is -0.483. The van der Waals surface area contributed by atoms with Crippen LogP contribution in [0.5, 0.6) is 0 Å². The first-order chi connectivity index (χ1) is 17.1. The minimum Gasteiger partial charge on any atom is -0.316 e. The van der Waals surface area contributed by atoms with Gasteiger partial charge in [-0.15, -0.1) is 0 Å². The van der Waals surface area contributed by atoms with E-state index in [9.17, 15) is 21.6 Å². The Morgan fingerprint density at radius 3 is 2.36 bits per heavy atom. The van der Waals surface area contributed by atoms with Gasteiger partial charge in [-0.2, -0.15) is 9.30 Å². The summed E-state index contributed by atoms with van der Waals surface area (Å²) < 4.78 is 54.6. The van der Waals surface area contributed by atoms with E-state index in [4.69, 9.17) is 0 Å². The second kappa shape index (κ2) is 10.6. The van der Waals surface area contributed by atoms with Gasteiger partial charge in [0.05, 0.1) is 20.0 Å². The quantitative estimate of drug-likeness (QED) is 0.439. The van der Waals surface area contributed by atoms with Crippen LogP contribution in [0.2, 0.25) is 0 Å². The summed E-state index contributed by atoms with van der Waals surface area (Å²) in [7, 11) is -6.99. The predicted molar refractivity (Wildman–Crippen MR) is 141 cm³/mol. The van der Waals surface area contributed by atoms with Crippen LogP contribution in [-0.4, -0.2) is 50.5 Å². The third kappa shape index (κ3) is 5.34. The number of hydrogen-bond acceptors (Lipinski definition) is 6. The predicted octanol–water partition coefficient (Wildman–Crippen LogP) is 4.21. The Kier molecular flexibility index (Phi) is 7.84. The van der Waals surface area contributed by atoms with Gasteiger partial charge in [-0.05, 0) is 68.1 Å². The Labute approximate surface area is 216 Å². The van der Waals surface area contributed by atoms with Crippen LogP contribution in [0.1, 0.15) is 56.3 Å². The molecule has 8 nitrogen and oxygen atoms in total. The summed E-state index contributed by atoms with van der Waals surface area (Å²) in [6.45, 7) is 5.15. The molecule has 2 heterocycles. The number of amides is 1. The number of sulfone groups is 1. The summed E-state index contributed by atoms with van der Waals surface area (Å²) in [4.78, 5) is 18.2. The average molecular weight is 550 g/mol. The van der Waals surface area contributed by atoms with E-state index in [0.29, 0.717) is 17.9 Å². The number of aromatic nitrogens is 1. The van der Waals surface area contributed by atoms with Crippen LogP contribution < -0.4 is 4.80 Å². The number of hydrogen-bond donors (Lipinski definition) is 0. The summed E-state index contributed by atoms with van der Waals surface area (Å²) in [5, 5.41) is 0. The van der Waals surface area contributed by atoms with Gasteiger partial charge in [-0.25, -0.2) is 16.8 Å². The minimum atomic E-state index is -3.63. The fourth-order valence-electron chi connectivity index (χ4n) is 4.56. The van der Waals surface area contributed by atoms with Crippen LogP contribution in [0, 0.1) is 0 Å². The highest BCUT2D eigenvalue weighted by atomic mass is 32.2. The van der Waals surface area contributed by atoms with Crippen molar-refractivity contribution in [3.8, 4) is 0 Å². The molecule has 1 fully saturated rings. The van der Waals surface area contributed by atoms with Gasteiger partial charge >= 0.3 is 0 Å². The Morgan fingerprint density at radius 2 is 1.72 bits per heavy atom. The third-order valence-corrected chi connectivity index (χ3v) is 10.6. The molecule has 3 aromatic rings. The standard InChI is InChI=1S/C25H31N3O5S3/c1-4-15-27-22-14-13-21(35(3,30)31)17-23(22)34-25(27)26-24(29)18-9-11-20(12-10-18)36(32,33)28-16-7-6-8-19(28)5-2/h9-14,17,19H,4-8,15-16H2,1-3H3. The van der Waals surface area contributed by atoms with Crippen LogP contribution in [0.15, 0.2) is 57.2 Å². The highest BCUT2D eigenvalue weighted by molar-refractivity contribution is 7.90. The number of aryl methyl sites for hydroxylation is 1. The Hall–Kier alpha value is -2.34. The zero-order chi connectivity index (χ0) is 26.1. The first kappa shape index (κ1) is 26.7. The number of fused-ring (bicyclic) bond motifs is 1. The van der Waals surface area contributed by atoms with E-state index in [-0.39, 0.29) is 21.4 Å². The lowest BCUT2D eigenvalue weighted by molar-refractivity contribution is 0.0997. The maximum Gasteiger partial charge on any atom is 0.279 e. The zero-order valence-corrected chi connectivity index (χ0v) is 23.1. The smallest absolute Gasteiger partial charge is 0.279 e. The summed E-state index contributed by atoms with van der Waals surface area (Å²) in [6.07, 6.45) is 5.49. The molecule has 1 amide bonds.